The molecule has 1 aromatic carbocycles. The molecule has 0 saturated heterocycles. The van der Waals surface area contributed by atoms with Crippen LogP contribution in [0.15, 0.2) is 12.1 Å². The van der Waals surface area contributed by atoms with Crippen LogP contribution in [-0.2, 0) is 4.74 Å². The van der Waals surface area contributed by atoms with Gasteiger partial charge in [-0.1, -0.05) is 0 Å². The van der Waals surface area contributed by atoms with Gasteiger partial charge in [-0.2, -0.15) is 0 Å². The Morgan fingerprint density at radius 3 is 2.73 bits per heavy atom. The van der Waals surface area contributed by atoms with Gasteiger partial charge in [0.25, 0.3) is 0 Å². The maximum Gasteiger partial charge on any atom is 0.340 e. The molecule has 80 valence electrons. The quantitative estimate of drug-likeness (QED) is 0.599. The number of carbonyl (C=O) groups excluding carboxylic acids is 1. The Morgan fingerprint density at radius 2 is 2.20 bits per heavy atom. The zero-order chi connectivity index (χ0) is 11.0. The van der Waals surface area contributed by atoms with Crippen molar-refractivity contribution in [1.29, 1.82) is 0 Å². The number of halogens is 1. The Kier molecular flexibility index (Phi) is 2.34. The van der Waals surface area contributed by atoms with E-state index in [0.717, 1.165) is 12.8 Å². The number of benzene rings is 1. The fourth-order valence-corrected chi connectivity index (χ4v) is 1.71. The van der Waals surface area contributed by atoms with Crippen molar-refractivity contribution in [3.05, 3.63) is 29.1 Å². The normalized spacial score (nSPS) is 15.1. The van der Waals surface area contributed by atoms with Gasteiger partial charge in [-0.25, -0.2) is 9.18 Å². The number of methoxy groups -OCH3 is 1. The molecule has 1 aliphatic rings. The number of nitrogens with two attached hydrogens (primary N) is 1. The molecule has 0 spiro atoms. The number of esters is 1. The summed E-state index contributed by atoms with van der Waals surface area (Å²) in [6.45, 7) is 0. The van der Waals surface area contributed by atoms with Crippen LogP contribution in [0, 0.1) is 5.82 Å². The Bertz CT molecular complexity index is 413. The molecule has 15 heavy (non-hydrogen) atoms. The van der Waals surface area contributed by atoms with Crippen molar-refractivity contribution in [2.24, 2.45) is 0 Å². The molecule has 1 aliphatic carbocycles. The summed E-state index contributed by atoms with van der Waals surface area (Å²) in [6.07, 6.45) is 1.81. The first kappa shape index (κ1) is 9.96. The SMILES string of the molecule is COC(=O)c1c(N)ccc(F)c1C1CC1. The van der Waals surface area contributed by atoms with E-state index in [1.54, 1.807) is 0 Å². The Hall–Kier alpha value is -1.58. The molecule has 0 atom stereocenters. The predicted molar refractivity (Wildman–Crippen MR) is 54.1 cm³/mol. The van der Waals surface area contributed by atoms with Crippen LogP contribution in [0.2, 0.25) is 0 Å². The van der Waals surface area contributed by atoms with Gasteiger partial charge >= 0.3 is 5.97 Å². The van der Waals surface area contributed by atoms with Gasteiger partial charge in [-0.05, 0) is 30.9 Å². The maximum absolute atomic E-state index is 13.6. The van der Waals surface area contributed by atoms with E-state index in [2.05, 4.69) is 4.74 Å². The van der Waals surface area contributed by atoms with Crippen molar-refractivity contribution in [2.45, 2.75) is 18.8 Å². The van der Waals surface area contributed by atoms with Crippen molar-refractivity contribution in [3.63, 3.8) is 0 Å². The highest BCUT2D eigenvalue weighted by Crippen LogP contribution is 2.44. The first-order chi connectivity index (χ1) is 7.15. The molecular formula is C11H12FNO2. The third kappa shape index (κ3) is 1.67. The van der Waals surface area contributed by atoms with Crippen LogP contribution in [0.5, 0.6) is 0 Å². The van der Waals surface area contributed by atoms with Crippen molar-refractivity contribution in [2.75, 3.05) is 12.8 Å². The van der Waals surface area contributed by atoms with Crippen molar-refractivity contribution in [1.82, 2.24) is 0 Å². The number of ether oxygens (including phenoxy) is 1. The van der Waals surface area contributed by atoms with Crippen LogP contribution in [-0.4, -0.2) is 13.1 Å². The first-order valence-corrected chi connectivity index (χ1v) is 4.81. The molecule has 4 heteroatoms. The highest BCUT2D eigenvalue weighted by Gasteiger charge is 2.32. The van der Waals surface area contributed by atoms with E-state index in [1.807, 2.05) is 0 Å². The van der Waals surface area contributed by atoms with E-state index in [9.17, 15) is 9.18 Å². The van der Waals surface area contributed by atoms with E-state index in [0.29, 0.717) is 5.56 Å². The fraction of sp³-hybridized carbons (Fsp3) is 0.364. The monoisotopic (exact) mass is 209 g/mol. The summed E-state index contributed by atoms with van der Waals surface area (Å²) < 4.78 is 18.2. The van der Waals surface area contributed by atoms with Crippen LogP contribution in [0.25, 0.3) is 0 Å². The first-order valence-electron chi connectivity index (χ1n) is 4.81. The van der Waals surface area contributed by atoms with Crippen LogP contribution < -0.4 is 5.73 Å². The van der Waals surface area contributed by atoms with Crippen LogP contribution in [0.3, 0.4) is 0 Å². The van der Waals surface area contributed by atoms with Gasteiger partial charge in [0.1, 0.15) is 5.82 Å². The van der Waals surface area contributed by atoms with Gasteiger partial charge in [-0.3, -0.25) is 0 Å². The second-order valence-electron chi connectivity index (χ2n) is 3.69. The Labute approximate surface area is 87.0 Å². The van der Waals surface area contributed by atoms with Crippen molar-refractivity contribution < 1.29 is 13.9 Å². The third-order valence-corrected chi connectivity index (χ3v) is 2.60. The minimum atomic E-state index is -0.561. The lowest BCUT2D eigenvalue weighted by Crippen LogP contribution is -2.10. The minimum absolute atomic E-state index is 0.127. The van der Waals surface area contributed by atoms with Gasteiger partial charge in [-0.15, -0.1) is 0 Å². The molecule has 0 amide bonds. The molecule has 0 bridgehead atoms. The zero-order valence-corrected chi connectivity index (χ0v) is 8.42. The smallest absolute Gasteiger partial charge is 0.340 e. The van der Waals surface area contributed by atoms with Gasteiger partial charge < -0.3 is 10.5 Å². The second-order valence-corrected chi connectivity index (χ2v) is 3.69. The molecule has 1 aromatic rings. The van der Waals surface area contributed by atoms with Crippen LogP contribution >= 0.6 is 0 Å². The maximum atomic E-state index is 13.6. The number of rotatable bonds is 2. The van der Waals surface area contributed by atoms with Gasteiger partial charge in [0.2, 0.25) is 0 Å². The molecule has 1 fully saturated rings. The lowest BCUT2D eigenvalue weighted by molar-refractivity contribution is 0.0600. The number of carbonyl (C=O) groups is 1. The molecule has 2 rings (SSSR count). The van der Waals surface area contributed by atoms with Gasteiger partial charge in [0.05, 0.1) is 12.7 Å². The van der Waals surface area contributed by atoms with Gasteiger partial charge in [0, 0.05) is 11.3 Å². The summed E-state index contributed by atoms with van der Waals surface area (Å²) in [5, 5.41) is 0. The van der Waals surface area contributed by atoms with Crippen molar-refractivity contribution >= 4 is 11.7 Å². The fourth-order valence-electron chi connectivity index (χ4n) is 1.71. The summed E-state index contributed by atoms with van der Waals surface area (Å²) in [4.78, 5) is 11.5. The third-order valence-electron chi connectivity index (χ3n) is 2.60. The van der Waals surface area contributed by atoms with E-state index >= 15 is 0 Å². The van der Waals surface area contributed by atoms with Crippen LogP contribution in [0.4, 0.5) is 10.1 Å². The number of hydrogen-bond donors (Lipinski definition) is 1. The van der Waals surface area contributed by atoms with E-state index in [4.69, 9.17) is 5.73 Å². The van der Waals surface area contributed by atoms with Crippen LogP contribution in [0.1, 0.15) is 34.7 Å². The number of nitrogen functional groups attached to an aromatic ring is 1. The lowest BCUT2D eigenvalue weighted by atomic mass is 10.0. The van der Waals surface area contributed by atoms with E-state index in [-0.39, 0.29) is 23.0 Å². The minimum Gasteiger partial charge on any atom is -0.465 e. The molecule has 3 nitrogen and oxygen atoms in total. The van der Waals surface area contributed by atoms with E-state index in [1.165, 1.54) is 19.2 Å². The second kappa shape index (κ2) is 3.53. The molecule has 0 aliphatic heterocycles. The molecule has 2 N–H and O–H groups in total. The zero-order valence-electron chi connectivity index (χ0n) is 8.42. The number of hydrogen-bond acceptors (Lipinski definition) is 3. The summed E-state index contributed by atoms with van der Waals surface area (Å²) in [7, 11) is 1.27. The molecule has 0 heterocycles. The Morgan fingerprint density at radius 1 is 1.53 bits per heavy atom. The molecular weight excluding hydrogens is 197 g/mol. The summed E-state index contributed by atoms with van der Waals surface area (Å²) in [6, 6.07) is 2.70. The van der Waals surface area contributed by atoms with Gasteiger partial charge in [0.15, 0.2) is 0 Å². The molecule has 0 unspecified atom stereocenters. The summed E-state index contributed by atoms with van der Waals surface area (Å²) in [5.74, 6) is -0.802. The summed E-state index contributed by atoms with van der Waals surface area (Å²) in [5.41, 5.74) is 6.56. The molecule has 0 aromatic heterocycles. The average Bonchev–Trinajstić information content (AvgIpc) is 3.03. The Balaban J connectivity index is 2.57. The largest absolute Gasteiger partial charge is 0.465 e. The number of anilines is 1. The standard InChI is InChI=1S/C11H12FNO2/c1-15-11(14)10-8(13)5-4-7(12)9(10)6-2-3-6/h4-6H,2-3,13H2,1H3. The lowest BCUT2D eigenvalue weighted by Gasteiger charge is -2.10. The highest BCUT2D eigenvalue weighted by molar-refractivity contribution is 5.97. The highest BCUT2D eigenvalue weighted by atomic mass is 19.1. The topological polar surface area (TPSA) is 52.3 Å². The average molecular weight is 209 g/mol. The van der Waals surface area contributed by atoms with Crippen molar-refractivity contribution in [3.8, 4) is 0 Å². The molecule has 1 saturated carbocycles. The predicted octanol–water partition coefficient (Wildman–Crippen LogP) is 2.07. The molecule has 0 radical (unpaired) electrons. The summed E-state index contributed by atoms with van der Waals surface area (Å²) >= 11 is 0. The van der Waals surface area contributed by atoms with E-state index < -0.39 is 5.97 Å².